The van der Waals surface area contributed by atoms with Crippen LogP contribution in [0, 0.1) is 0 Å². The predicted molar refractivity (Wildman–Crippen MR) is 278 cm³/mol. The number of carbonyl (C=O) groups is 2. The summed E-state index contributed by atoms with van der Waals surface area (Å²) in [4.78, 5) is 24.5. The van der Waals surface area contributed by atoms with E-state index in [1.807, 2.05) is 0 Å². The molecular weight excluding hydrogens is 791 g/mol. The van der Waals surface area contributed by atoms with Gasteiger partial charge >= 0.3 is 5.97 Å². The predicted octanol–water partition coefficient (Wildman–Crippen LogP) is 17.7. The van der Waals surface area contributed by atoms with Gasteiger partial charge in [-0.05, 0) is 51.4 Å². The lowest BCUT2D eigenvalue weighted by molar-refractivity contribution is -0.143. The molecule has 1 amide bonds. The summed E-state index contributed by atoms with van der Waals surface area (Å²) >= 11 is 0. The quantitative estimate of drug-likeness (QED) is 0.0321. The zero-order valence-corrected chi connectivity index (χ0v) is 43.3. The van der Waals surface area contributed by atoms with Gasteiger partial charge < -0.3 is 20.3 Å². The molecule has 380 valence electrons. The number of carbonyl (C=O) groups excluding carboxylic acids is 2. The van der Waals surface area contributed by atoms with E-state index in [9.17, 15) is 19.8 Å². The Bertz CT molecular complexity index is 955. The molecule has 0 aliphatic carbocycles. The first-order chi connectivity index (χ1) is 31.5. The first-order valence-electron chi connectivity index (χ1n) is 28.9. The van der Waals surface area contributed by atoms with Crippen LogP contribution in [0.3, 0.4) is 0 Å². The van der Waals surface area contributed by atoms with Gasteiger partial charge in [-0.2, -0.15) is 0 Å². The minimum absolute atomic E-state index is 0.00242. The molecule has 0 aromatic carbocycles. The molecule has 6 nitrogen and oxygen atoms in total. The molecule has 0 spiro atoms. The zero-order chi connectivity index (χ0) is 46.5. The fraction of sp³-hybridized carbons (Fsp3) is 0.931. The van der Waals surface area contributed by atoms with Crippen molar-refractivity contribution < 1.29 is 24.5 Å². The van der Waals surface area contributed by atoms with E-state index in [4.69, 9.17) is 4.74 Å². The summed E-state index contributed by atoms with van der Waals surface area (Å²) in [7, 11) is 0. The lowest BCUT2D eigenvalue weighted by Gasteiger charge is -2.22. The van der Waals surface area contributed by atoms with Gasteiger partial charge in [0.05, 0.1) is 25.4 Å². The maximum Gasteiger partial charge on any atom is 0.305 e. The summed E-state index contributed by atoms with van der Waals surface area (Å²) in [5.74, 6) is -0.0513. The molecular formula is C58H113NO5. The molecule has 64 heavy (non-hydrogen) atoms. The maximum atomic E-state index is 12.5. The molecule has 2 unspecified atom stereocenters. The molecule has 0 aliphatic heterocycles. The van der Waals surface area contributed by atoms with Crippen molar-refractivity contribution in [3.8, 4) is 0 Å². The maximum absolute atomic E-state index is 12.5. The molecule has 6 heteroatoms. The topological polar surface area (TPSA) is 95.9 Å². The highest BCUT2D eigenvalue weighted by Crippen LogP contribution is 2.17. The summed E-state index contributed by atoms with van der Waals surface area (Å²) in [5, 5.41) is 23.3. The lowest BCUT2D eigenvalue weighted by Crippen LogP contribution is -2.45. The molecule has 0 heterocycles. The fourth-order valence-corrected chi connectivity index (χ4v) is 9.11. The van der Waals surface area contributed by atoms with E-state index >= 15 is 0 Å². The van der Waals surface area contributed by atoms with Crippen molar-refractivity contribution >= 4 is 11.9 Å². The van der Waals surface area contributed by atoms with Crippen LogP contribution < -0.4 is 5.32 Å². The molecule has 0 aromatic rings. The van der Waals surface area contributed by atoms with Gasteiger partial charge in [-0.25, -0.2) is 0 Å². The summed E-state index contributed by atoms with van der Waals surface area (Å²) in [6.07, 6.45) is 63.4. The summed E-state index contributed by atoms with van der Waals surface area (Å²) < 4.78 is 5.45. The van der Waals surface area contributed by atoms with Gasteiger partial charge in [0, 0.05) is 12.8 Å². The summed E-state index contributed by atoms with van der Waals surface area (Å²) in [6.45, 7) is 4.95. The third-order valence-electron chi connectivity index (χ3n) is 13.6. The molecule has 0 saturated heterocycles. The molecule has 0 aromatic heterocycles. The van der Waals surface area contributed by atoms with Gasteiger partial charge in [-0.15, -0.1) is 0 Å². The molecule has 2 atom stereocenters. The SMILES string of the molecule is CCCCCCCCCCCCCCCCCCCCCCC(O)C(CO)NC(=O)CCCCCCC/C=C\CCCCCCCCCOC(=O)CCCCCCCCCCCCC. The van der Waals surface area contributed by atoms with Crippen molar-refractivity contribution in [1.82, 2.24) is 5.32 Å². The van der Waals surface area contributed by atoms with Crippen LogP contribution in [-0.4, -0.2) is 47.4 Å². The van der Waals surface area contributed by atoms with E-state index in [1.165, 1.54) is 225 Å². The van der Waals surface area contributed by atoms with Crippen molar-refractivity contribution in [2.45, 2.75) is 334 Å². The zero-order valence-electron chi connectivity index (χ0n) is 43.3. The Labute approximate surface area is 399 Å². The molecule has 0 rings (SSSR count). The van der Waals surface area contributed by atoms with Crippen LogP contribution in [0.15, 0.2) is 12.2 Å². The van der Waals surface area contributed by atoms with E-state index in [0.717, 1.165) is 64.2 Å². The number of esters is 1. The second kappa shape index (κ2) is 54.2. The largest absolute Gasteiger partial charge is 0.466 e. The van der Waals surface area contributed by atoms with Crippen LogP contribution >= 0.6 is 0 Å². The highest BCUT2D eigenvalue weighted by atomic mass is 16.5. The summed E-state index contributed by atoms with van der Waals surface area (Å²) in [5.41, 5.74) is 0. The first kappa shape index (κ1) is 62.6. The van der Waals surface area contributed by atoms with Crippen LogP contribution in [0.2, 0.25) is 0 Å². The van der Waals surface area contributed by atoms with Gasteiger partial charge in [-0.3, -0.25) is 9.59 Å². The Hall–Kier alpha value is -1.40. The average molecular weight is 905 g/mol. The van der Waals surface area contributed by atoms with Crippen LogP contribution in [0.1, 0.15) is 322 Å². The number of hydrogen-bond acceptors (Lipinski definition) is 5. The number of allylic oxidation sites excluding steroid dienone is 2. The number of unbranched alkanes of at least 4 members (excludes halogenated alkanes) is 41. The number of nitrogens with one attached hydrogen (secondary N) is 1. The standard InChI is InChI=1S/C58H113NO5/c1-3-5-7-9-11-13-15-16-17-18-19-20-21-24-27-31-34-38-42-46-50-56(61)55(54-60)59-57(62)51-47-43-39-35-32-28-25-22-23-26-29-33-37-41-45-49-53-64-58(63)52-48-44-40-36-30-14-12-10-8-6-4-2/h22,25,55-56,60-61H,3-21,23-24,26-54H2,1-2H3,(H,59,62)/b25-22-. The van der Waals surface area contributed by atoms with E-state index < -0.39 is 12.1 Å². The Morgan fingerprint density at radius 1 is 0.422 bits per heavy atom. The Balaban J connectivity index is 3.47. The Morgan fingerprint density at radius 3 is 1.11 bits per heavy atom. The molecule has 3 N–H and O–H groups in total. The minimum atomic E-state index is -0.674. The molecule has 0 bridgehead atoms. The second-order valence-electron chi connectivity index (χ2n) is 20.0. The normalized spacial score (nSPS) is 12.6. The van der Waals surface area contributed by atoms with Gasteiger partial charge in [0.1, 0.15) is 0 Å². The van der Waals surface area contributed by atoms with Crippen LogP contribution in [0.5, 0.6) is 0 Å². The molecule has 0 radical (unpaired) electrons. The van der Waals surface area contributed by atoms with Gasteiger partial charge in [0.15, 0.2) is 0 Å². The minimum Gasteiger partial charge on any atom is -0.466 e. The van der Waals surface area contributed by atoms with Gasteiger partial charge in [0.25, 0.3) is 0 Å². The van der Waals surface area contributed by atoms with Crippen molar-refractivity contribution in [3.05, 3.63) is 12.2 Å². The highest BCUT2D eigenvalue weighted by molar-refractivity contribution is 5.76. The van der Waals surface area contributed by atoms with Crippen molar-refractivity contribution in [2.75, 3.05) is 13.2 Å². The molecule has 0 aliphatic rings. The number of ether oxygens (including phenoxy) is 1. The van der Waals surface area contributed by atoms with Crippen molar-refractivity contribution in [2.24, 2.45) is 0 Å². The van der Waals surface area contributed by atoms with E-state index in [2.05, 4.69) is 31.3 Å². The Kier molecular flexibility index (Phi) is 53.0. The van der Waals surface area contributed by atoms with Crippen LogP contribution in [0.4, 0.5) is 0 Å². The van der Waals surface area contributed by atoms with Gasteiger partial charge in [0.2, 0.25) is 5.91 Å². The number of amides is 1. The summed E-state index contributed by atoms with van der Waals surface area (Å²) in [6, 6.07) is -0.553. The van der Waals surface area contributed by atoms with Crippen LogP contribution in [0.25, 0.3) is 0 Å². The fourth-order valence-electron chi connectivity index (χ4n) is 9.11. The van der Waals surface area contributed by atoms with E-state index in [0.29, 0.717) is 25.9 Å². The lowest BCUT2D eigenvalue weighted by atomic mass is 10.0. The average Bonchev–Trinajstić information content (AvgIpc) is 3.29. The van der Waals surface area contributed by atoms with Crippen LogP contribution in [-0.2, 0) is 14.3 Å². The number of hydrogen-bond donors (Lipinski definition) is 3. The molecule has 0 fully saturated rings. The monoisotopic (exact) mass is 904 g/mol. The van der Waals surface area contributed by atoms with E-state index in [-0.39, 0.29) is 18.5 Å². The third kappa shape index (κ3) is 50.0. The van der Waals surface area contributed by atoms with Gasteiger partial charge in [-0.1, -0.05) is 270 Å². The number of aliphatic hydroxyl groups excluding tert-OH is 2. The highest BCUT2D eigenvalue weighted by Gasteiger charge is 2.20. The van der Waals surface area contributed by atoms with E-state index in [1.54, 1.807) is 0 Å². The van der Waals surface area contributed by atoms with Crippen molar-refractivity contribution in [1.29, 1.82) is 0 Å². The smallest absolute Gasteiger partial charge is 0.305 e. The first-order valence-corrected chi connectivity index (χ1v) is 28.9. The molecule has 0 saturated carbocycles. The Morgan fingerprint density at radius 2 is 0.734 bits per heavy atom. The third-order valence-corrected chi connectivity index (χ3v) is 13.6. The number of rotatable bonds is 54. The van der Waals surface area contributed by atoms with Crippen molar-refractivity contribution in [3.63, 3.8) is 0 Å². The number of aliphatic hydroxyl groups is 2. The second-order valence-corrected chi connectivity index (χ2v) is 20.0.